The molecule has 1 amide bonds. The number of nitrogens with one attached hydrogen (secondary N) is 1. The lowest BCUT2D eigenvalue weighted by Gasteiger charge is -2.26. The Morgan fingerprint density at radius 3 is 2.58 bits per heavy atom. The van der Waals surface area contributed by atoms with E-state index in [0.717, 1.165) is 13.1 Å². The maximum atomic E-state index is 11.2. The molecule has 5 nitrogen and oxygen atoms in total. The quantitative estimate of drug-likeness (QED) is 0.530. The number of rotatable bonds is 2. The number of carbonyl (C=O) groups excluding carboxylic acids is 1. The van der Waals surface area contributed by atoms with Crippen LogP contribution in [0.1, 0.15) is 0 Å². The lowest BCUT2D eigenvalue weighted by Crippen LogP contribution is -2.47. The number of carbonyl (C=O) groups is 1. The van der Waals surface area contributed by atoms with E-state index in [-0.39, 0.29) is 11.7 Å². The molecular weight excluding hydrogens is 180 g/mol. The molecule has 70 valence electrons. The van der Waals surface area contributed by atoms with Crippen molar-refractivity contribution < 1.29 is 13.6 Å². The number of piperazine rings is 1. The van der Waals surface area contributed by atoms with Crippen LogP contribution in [0.4, 0.5) is 0 Å². The predicted molar refractivity (Wildman–Crippen MR) is 45.1 cm³/mol. The third-order valence-corrected chi connectivity index (χ3v) is 2.21. The molecule has 0 aromatic carbocycles. The molecule has 0 aromatic rings. The molecule has 12 heavy (non-hydrogen) atoms. The van der Waals surface area contributed by atoms with Crippen molar-refractivity contribution in [3.63, 3.8) is 0 Å². The van der Waals surface area contributed by atoms with Crippen LogP contribution in [0.25, 0.3) is 0 Å². The standard InChI is InChI=1S/C6H12N2O3S/c9-6(5-12(10)11)8-3-1-7-2-4-8/h7H,1-5H2,(H,10,11). The van der Waals surface area contributed by atoms with Crippen LogP contribution in [0.3, 0.4) is 0 Å². The van der Waals surface area contributed by atoms with Crippen molar-refractivity contribution in [2.75, 3.05) is 31.9 Å². The molecular formula is C6H12N2O3S. The average Bonchev–Trinajstić information content (AvgIpc) is 2.05. The first-order valence-electron chi connectivity index (χ1n) is 3.76. The topological polar surface area (TPSA) is 69.6 Å². The summed E-state index contributed by atoms with van der Waals surface area (Å²) < 4.78 is 18.8. The van der Waals surface area contributed by atoms with Gasteiger partial charge in [0, 0.05) is 26.2 Å². The van der Waals surface area contributed by atoms with E-state index >= 15 is 0 Å². The summed E-state index contributed by atoms with van der Waals surface area (Å²) in [6.07, 6.45) is 0. The summed E-state index contributed by atoms with van der Waals surface area (Å²) in [5, 5.41) is 3.09. The zero-order valence-electron chi connectivity index (χ0n) is 6.65. The monoisotopic (exact) mass is 192 g/mol. The summed E-state index contributed by atoms with van der Waals surface area (Å²) in [4.78, 5) is 12.8. The fourth-order valence-electron chi connectivity index (χ4n) is 1.11. The Morgan fingerprint density at radius 2 is 2.08 bits per heavy atom. The van der Waals surface area contributed by atoms with Crippen molar-refractivity contribution in [2.24, 2.45) is 0 Å². The maximum absolute atomic E-state index is 11.2. The van der Waals surface area contributed by atoms with Crippen molar-refractivity contribution in [2.45, 2.75) is 0 Å². The molecule has 6 heteroatoms. The summed E-state index contributed by atoms with van der Waals surface area (Å²) in [5.41, 5.74) is 0. The summed E-state index contributed by atoms with van der Waals surface area (Å²) >= 11 is -2.01. The van der Waals surface area contributed by atoms with Crippen LogP contribution < -0.4 is 5.32 Å². The van der Waals surface area contributed by atoms with E-state index in [1.54, 1.807) is 4.90 Å². The Hall–Kier alpha value is -0.460. The molecule has 0 aromatic heterocycles. The number of amides is 1. The molecule has 2 N–H and O–H groups in total. The largest absolute Gasteiger partial charge is 0.339 e. The SMILES string of the molecule is O=C(CS(=O)O)N1CCNCC1. The molecule has 0 radical (unpaired) electrons. The van der Waals surface area contributed by atoms with Gasteiger partial charge in [0.1, 0.15) is 5.75 Å². The Kier molecular flexibility index (Phi) is 3.64. The van der Waals surface area contributed by atoms with Crippen LogP contribution in [-0.2, 0) is 15.9 Å². The minimum Gasteiger partial charge on any atom is -0.339 e. The van der Waals surface area contributed by atoms with Crippen LogP contribution in [0.2, 0.25) is 0 Å². The third kappa shape index (κ3) is 2.88. The van der Waals surface area contributed by atoms with E-state index in [2.05, 4.69) is 5.32 Å². The fraction of sp³-hybridized carbons (Fsp3) is 0.833. The molecule has 1 saturated heterocycles. The molecule has 0 saturated carbocycles. The number of nitrogens with zero attached hydrogens (tertiary/aromatic N) is 1. The molecule has 0 spiro atoms. The second-order valence-corrected chi connectivity index (χ2v) is 3.53. The van der Waals surface area contributed by atoms with E-state index in [1.807, 2.05) is 0 Å². The van der Waals surface area contributed by atoms with Crippen molar-refractivity contribution in [3.05, 3.63) is 0 Å². The summed E-state index contributed by atoms with van der Waals surface area (Å²) in [6.45, 7) is 2.81. The Bertz CT molecular complexity index is 191. The molecule has 1 heterocycles. The molecule has 1 rings (SSSR count). The van der Waals surface area contributed by atoms with Crippen molar-refractivity contribution in [1.82, 2.24) is 10.2 Å². The molecule has 1 fully saturated rings. The molecule has 1 unspecified atom stereocenters. The third-order valence-electron chi connectivity index (χ3n) is 1.72. The van der Waals surface area contributed by atoms with Crippen molar-refractivity contribution in [1.29, 1.82) is 0 Å². The smallest absolute Gasteiger partial charge is 0.237 e. The molecule has 1 atom stereocenters. The van der Waals surface area contributed by atoms with Gasteiger partial charge in [-0.15, -0.1) is 0 Å². The van der Waals surface area contributed by atoms with Gasteiger partial charge in [-0.05, 0) is 0 Å². The lowest BCUT2D eigenvalue weighted by atomic mass is 10.3. The summed E-state index contributed by atoms with van der Waals surface area (Å²) in [5.74, 6) is -0.516. The Balaban J connectivity index is 2.34. The van der Waals surface area contributed by atoms with E-state index < -0.39 is 11.1 Å². The second-order valence-electron chi connectivity index (χ2n) is 2.60. The fourth-order valence-corrected chi connectivity index (χ4v) is 1.50. The zero-order chi connectivity index (χ0) is 8.97. The molecule has 0 bridgehead atoms. The van der Waals surface area contributed by atoms with Gasteiger partial charge in [0.2, 0.25) is 5.91 Å². The van der Waals surface area contributed by atoms with Crippen LogP contribution >= 0.6 is 0 Å². The highest BCUT2D eigenvalue weighted by Gasteiger charge is 2.17. The van der Waals surface area contributed by atoms with Gasteiger partial charge in [0.25, 0.3) is 0 Å². The average molecular weight is 192 g/mol. The highest BCUT2D eigenvalue weighted by molar-refractivity contribution is 7.80. The van der Waals surface area contributed by atoms with Gasteiger partial charge in [-0.2, -0.15) is 0 Å². The normalized spacial score (nSPS) is 20.6. The van der Waals surface area contributed by atoms with Crippen molar-refractivity contribution in [3.8, 4) is 0 Å². The van der Waals surface area contributed by atoms with Gasteiger partial charge in [-0.25, -0.2) is 4.21 Å². The van der Waals surface area contributed by atoms with Crippen LogP contribution in [0, 0.1) is 0 Å². The summed E-state index contributed by atoms with van der Waals surface area (Å²) in [6, 6.07) is 0. The Morgan fingerprint density at radius 1 is 1.50 bits per heavy atom. The first-order chi connectivity index (χ1) is 5.70. The number of hydrogen-bond acceptors (Lipinski definition) is 3. The van der Waals surface area contributed by atoms with Gasteiger partial charge in [0.05, 0.1) is 0 Å². The van der Waals surface area contributed by atoms with E-state index in [1.165, 1.54) is 0 Å². The highest BCUT2D eigenvalue weighted by Crippen LogP contribution is 1.93. The van der Waals surface area contributed by atoms with Crippen LogP contribution in [0.15, 0.2) is 0 Å². The van der Waals surface area contributed by atoms with Gasteiger partial charge >= 0.3 is 0 Å². The minimum absolute atomic E-state index is 0.239. The molecule has 0 aliphatic carbocycles. The van der Waals surface area contributed by atoms with E-state index in [4.69, 9.17) is 4.55 Å². The second kappa shape index (κ2) is 4.54. The van der Waals surface area contributed by atoms with Gasteiger partial charge in [-0.1, -0.05) is 0 Å². The first-order valence-corrected chi connectivity index (χ1v) is 5.03. The first kappa shape index (κ1) is 9.63. The Labute approximate surface area is 73.4 Å². The van der Waals surface area contributed by atoms with E-state index in [9.17, 15) is 9.00 Å². The zero-order valence-corrected chi connectivity index (χ0v) is 7.47. The molecule has 1 aliphatic heterocycles. The summed E-state index contributed by atoms with van der Waals surface area (Å²) in [7, 11) is 0. The van der Waals surface area contributed by atoms with Crippen LogP contribution in [0.5, 0.6) is 0 Å². The van der Waals surface area contributed by atoms with Crippen molar-refractivity contribution >= 4 is 17.0 Å². The molecule has 1 aliphatic rings. The van der Waals surface area contributed by atoms with Crippen LogP contribution in [-0.4, -0.2) is 51.5 Å². The maximum Gasteiger partial charge on any atom is 0.237 e. The van der Waals surface area contributed by atoms with Gasteiger partial charge in [-0.3, -0.25) is 4.79 Å². The number of hydrogen-bond donors (Lipinski definition) is 2. The van der Waals surface area contributed by atoms with E-state index in [0.29, 0.717) is 13.1 Å². The predicted octanol–water partition coefficient (Wildman–Crippen LogP) is -1.36. The lowest BCUT2D eigenvalue weighted by molar-refractivity contribution is -0.128. The van der Waals surface area contributed by atoms with Gasteiger partial charge in [0.15, 0.2) is 11.1 Å². The highest BCUT2D eigenvalue weighted by atomic mass is 32.2. The van der Waals surface area contributed by atoms with Gasteiger partial charge < -0.3 is 14.8 Å². The minimum atomic E-state index is -2.01.